The van der Waals surface area contributed by atoms with Crippen molar-refractivity contribution >= 4 is 43.6 Å². The fourth-order valence-corrected chi connectivity index (χ4v) is 9.60. The summed E-state index contributed by atoms with van der Waals surface area (Å²) < 4.78 is 10.1. The van der Waals surface area contributed by atoms with E-state index < -0.39 is 0 Å². The monoisotopic (exact) mass is 844 g/mol. The van der Waals surface area contributed by atoms with Gasteiger partial charge < -0.3 is 4.74 Å². The van der Waals surface area contributed by atoms with Crippen molar-refractivity contribution in [3.05, 3.63) is 210 Å². The van der Waals surface area contributed by atoms with Crippen LogP contribution < -0.4 is 4.74 Å². The number of nitrogens with zero attached hydrogens (tertiary/aromatic N) is 6. The van der Waals surface area contributed by atoms with Crippen LogP contribution in [0.3, 0.4) is 0 Å². The van der Waals surface area contributed by atoms with Crippen molar-refractivity contribution in [2.75, 3.05) is 7.11 Å². The van der Waals surface area contributed by atoms with Gasteiger partial charge in [-0.15, -0.1) is 0 Å². The Morgan fingerprint density at radius 1 is 0.415 bits per heavy atom. The Balaban J connectivity index is 0.898. The number of hydrogen-bond donors (Lipinski definition) is 0. The zero-order valence-electron chi connectivity index (χ0n) is 37.4. The summed E-state index contributed by atoms with van der Waals surface area (Å²) >= 11 is 0. The minimum atomic E-state index is -0.327. The van der Waals surface area contributed by atoms with Gasteiger partial charge in [-0.2, -0.15) is 0 Å². The molecule has 65 heavy (non-hydrogen) atoms. The summed E-state index contributed by atoms with van der Waals surface area (Å²) in [5.74, 6) is 2.51. The van der Waals surface area contributed by atoms with Gasteiger partial charge in [0.2, 0.25) is 0 Å². The second-order valence-electron chi connectivity index (χ2n) is 18.1. The molecule has 6 aromatic carbocycles. The van der Waals surface area contributed by atoms with Crippen LogP contribution in [0.15, 0.2) is 183 Å². The van der Waals surface area contributed by atoms with Crippen LogP contribution in [0.5, 0.6) is 5.75 Å². The Bertz CT molecular complexity index is 3610. The largest absolute Gasteiger partial charge is 0.497 e. The van der Waals surface area contributed by atoms with Crippen LogP contribution in [0.1, 0.15) is 55.5 Å². The van der Waals surface area contributed by atoms with E-state index in [9.17, 15) is 0 Å². The van der Waals surface area contributed by atoms with Crippen LogP contribution in [0.4, 0.5) is 0 Å². The van der Waals surface area contributed by atoms with Crippen molar-refractivity contribution < 1.29 is 4.74 Å². The Kier molecular flexibility index (Phi) is 9.47. The highest BCUT2D eigenvalue weighted by molar-refractivity contribution is 6.10. The maximum absolute atomic E-state index is 5.59. The van der Waals surface area contributed by atoms with E-state index in [-0.39, 0.29) is 10.8 Å². The molecule has 0 unspecified atom stereocenters. The SMILES string of the molecule is COc1ccnc(-n2c3ccccc3c3ccc(C(C)(C)c4cccc(-c5cnc(-c6cccc(C(C)(C)c7ccc8c9ccccc9n(-c9cc(C)ccn9)c8c7)c6)cn5)c4)cc32)c1. The molecule has 0 fully saturated rings. The summed E-state index contributed by atoms with van der Waals surface area (Å²) in [5, 5.41) is 4.80. The standard InChI is InChI=1S/C58H48N6O/c1-37-25-27-59-55(29-37)63-51-19-9-7-17-45(51)47-23-21-42(32-53(47)63)57(2,3)40-15-11-13-38(30-40)49-35-62-50(36-61-49)39-14-12-16-41(31-39)58(4,5)43-22-24-48-46-18-8-10-20-52(46)64(54(48)33-43)56-34-44(65-6)26-28-60-56/h7-36H,1-6H3. The molecule has 0 N–H and O–H groups in total. The van der Waals surface area contributed by atoms with Gasteiger partial charge in [0.05, 0.1) is 53.0 Å². The molecule has 11 aromatic rings. The Morgan fingerprint density at radius 3 is 1.37 bits per heavy atom. The van der Waals surface area contributed by atoms with Crippen LogP contribution in [0.2, 0.25) is 0 Å². The number of ether oxygens (including phenoxy) is 1. The molecule has 0 amide bonds. The molecular weight excluding hydrogens is 797 g/mol. The van der Waals surface area contributed by atoms with Crippen molar-refractivity contribution in [1.82, 2.24) is 29.1 Å². The summed E-state index contributed by atoms with van der Waals surface area (Å²) in [6.07, 6.45) is 7.49. The molecule has 0 aliphatic carbocycles. The van der Waals surface area contributed by atoms with Crippen molar-refractivity contribution in [2.24, 2.45) is 0 Å². The Labute approximate surface area is 378 Å². The number of pyridine rings is 2. The smallest absolute Gasteiger partial charge is 0.141 e. The maximum Gasteiger partial charge on any atom is 0.141 e. The number of rotatable bonds is 9. The maximum atomic E-state index is 5.59. The van der Waals surface area contributed by atoms with Gasteiger partial charge in [-0.25, -0.2) is 9.97 Å². The van der Waals surface area contributed by atoms with Crippen molar-refractivity contribution in [2.45, 2.75) is 45.4 Å². The van der Waals surface area contributed by atoms with E-state index in [1.807, 2.05) is 36.8 Å². The van der Waals surface area contributed by atoms with Gasteiger partial charge in [-0.05, 0) is 89.3 Å². The van der Waals surface area contributed by atoms with E-state index in [1.165, 1.54) is 49.4 Å². The summed E-state index contributed by atoms with van der Waals surface area (Å²) in [4.78, 5) is 19.6. The molecular formula is C58H48N6O. The summed E-state index contributed by atoms with van der Waals surface area (Å²) in [5.41, 5.74) is 13.6. The predicted octanol–water partition coefficient (Wildman–Crippen LogP) is 13.8. The quantitative estimate of drug-likeness (QED) is 0.145. The number of aromatic nitrogens is 6. The first-order chi connectivity index (χ1) is 31.6. The lowest BCUT2D eigenvalue weighted by atomic mass is 9.77. The second kappa shape index (κ2) is 15.4. The fourth-order valence-electron chi connectivity index (χ4n) is 9.60. The number of methoxy groups -OCH3 is 1. The first kappa shape index (κ1) is 39.9. The van der Waals surface area contributed by atoms with Gasteiger partial charge in [0.1, 0.15) is 17.4 Å². The second-order valence-corrected chi connectivity index (χ2v) is 18.1. The molecule has 0 saturated heterocycles. The zero-order valence-corrected chi connectivity index (χ0v) is 37.4. The van der Waals surface area contributed by atoms with E-state index in [4.69, 9.17) is 24.7 Å². The lowest BCUT2D eigenvalue weighted by molar-refractivity contribution is 0.414. The van der Waals surface area contributed by atoms with Gasteiger partial charge in [-0.3, -0.25) is 19.1 Å². The number of aryl methyl sites for hydroxylation is 1. The van der Waals surface area contributed by atoms with Crippen molar-refractivity contribution in [3.63, 3.8) is 0 Å². The van der Waals surface area contributed by atoms with Gasteiger partial charge in [0.15, 0.2) is 0 Å². The zero-order chi connectivity index (χ0) is 44.5. The first-order valence-corrected chi connectivity index (χ1v) is 22.1. The average molecular weight is 845 g/mol. The summed E-state index contributed by atoms with van der Waals surface area (Å²) in [7, 11) is 1.69. The van der Waals surface area contributed by atoms with E-state index in [2.05, 4.69) is 183 Å². The van der Waals surface area contributed by atoms with Gasteiger partial charge in [0, 0.05) is 62.0 Å². The van der Waals surface area contributed by atoms with Crippen LogP contribution in [-0.4, -0.2) is 36.2 Å². The topological polar surface area (TPSA) is 70.7 Å². The van der Waals surface area contributed by atoms with Gasteiger partial charge in [0.25, 0.3) is 0 Å². The van der Waals surface area contributed by atoms with Crippen molar-refractivity contribution in [1.29, 1.82) is 0 Å². The molecule has 0 aliphatic heterocycles. The number of hydrogen-bond acceptors (Lipinski definition) is 5. The summed E-state index contributed by atoms with van der Waals surface area (Å²) in [6, 6.07) is 56.3. The third kappa shape index (κ3) is 6.74. The molecule has 5 heterocycles. The fraction of sp³-hybridized carbons (Fsp3) is 0.138. The summed E-state index contributed by atoms with van der Waals surface area (Å²) in [6.45, 7) is 11.3. The van der Waals surface area contributed by atoms with Crippen LogP contribution >= 0.6 is 0 Å². The first-order valence-electron chi connectivity index (χ1n) is 22.1. The molecule has 0 saturated carbocycles. The molecule has 0 atom stereocenters. The third-order valence-electron chi connectivity index (χ3n) is 13.5. The van der Waals surface area contributed by atoms with Crippen LogP contribution in [0, 0.1) is 6.92 Å². The molecule has 11 rings (SSSR count). The van der Waals surface area contributed by atoms with Crippen LogP contribution in [-0.2, 0) is 10.8 Å². The van der Waals surface area contributed by atoms with Gasteiger partial charge >= 0.3 is 0 Å². The average Bonchev–Trinajstić information content (AvgIpc) is 3.86. The molecule has 7 nitrogen and oxygen atoms in total. The van der Waals surface area contributed by atoms with Gasteiger partial charge in [-0.1, -0.05) is 125 Å². The minimum Gasteiger partial charge on any atom is -0.497 e. The molecule has 0 radical (unpaired) electrons. The molecule has 316 valence electrons. The number of benzene rings is 6. The van der Waals surface area contributed by atoms with E-state index in [0.717, 1.165) is 62.0 Å². The Morgan fingerprint density at radius 2 is 0.877 bits per heavy atom. The minimum absolute atomic E-state index is 0.306. The molecule has 0 aliphatic rings. The normalized spacial score (nSPS) is 12.2. The van der Waals surface area contributed by atoms with E-state index in [0.29, 0.717) is 0 Å². The molecule has 0 bridgehead atoms. The highest BCUT2D eigenvalue weighted by atomic mass is 16.5. The Hall–Kier alpha value is -7.90. The molecule has 7 heteroatoms. The van der Waals surface area contributed by atoms with E-state index in [1.54, 1.807) is 13.3 Å². The lowest BCUT2D eigenvalue weighted by Crippen LogP contribution is -2.19. The highest BCUT2D eigenvalue weighted by Crippen LogP contribution is 2.41. The van der Waals surface area contributed by atoms with E-state index >= 15 is 0 Å². The lowest BCUT2D eigenvalue weighted by Gasteiger charge is -2.27. The number of fused-ring (bicyclic) bond motifs is 6. The highest BCUT2D eigenvalue weighted by Gasteiger charge is 2.27. The van der Waals surface area contributed by atoms with Crippen molar-refractivity contribution in [3.8, 4) is 39.9 Å². The molecule has 0 spiro atoms. The third-order valence-corrected chi connectivity index (χ3v) is 13.5. The molecule has 5 aromatic heterocycles. The predicted molar refractivity (Wildman–Crippen MR) is 266 cm³/mol. The number of para-hydroxylation sites is 2. The van der Waals surface area contributed by atoms with Crippen LogP contribution in [0.25, 0.3) is 77.8 Å².